The third kappa shape index (κ3) is 5.18. The number of hydrogen-bond donors (Lipinski definition) is 3. The Kier molecular flexibility index (Phi) is 6.78. The SMILES string of the molecule is COc1cc2ncnc(Nc3ccc(F)c(Cl)c3)c2cc1NC(=O)C=C1CCN(C(=O)O)CC1. The summed E-state index contributed by atoms with van der Waals surface area (Å²) < 4.78 is 18.9. The van der Waals surface area contributed by atoms with E-state index in [-0.39, 0.29) is 10.9 Å². The summed E-state index contributed by atoms with van der Waals surface area (Å²) in [7, 11) is 1.48. The smallest absolute Gasteiger partial charge is 0.407 e. The van der Waals surface area contributed by atoms with Crippen LogP contribution in [0.25, 0.3) is 10.9 Å². The highest BCUT2D eigenvalue weighted by Crippen LogP contribution is 2.33. The Morgan fingerprint density at radius 3 is 2.65 bits per heavy atom. The molecule has 3 aromatic rings. The molecular weight excluding hydrogens is 465 g/mol. The topological polar surface area (TPSA) is 117 Å². The van der Waals surface area contributed by atoms with Crippen LogP contribution < -0.4 is 15.4 Å². The van der Waals surface area contributed by atoms with Crippen molar-refractivity contribution in [2.45, 2.75) is 12.8 Å². The normalized spacial score (nSPS) is 13.5. The van der Waals surface area contributed by atoms with Crippen molar-refractivity contribution in [2.24, 2.45) is 0 Å². The third-order valence-electron chi connectivity index (χ3n) is 5.41. The van der Waals surface area contributed by atoms with Crippen LogP contribution in [0.5, 0.6) is 5.75 Å². The van der Waals surface area contributed by atoms with E-state index >= 15 is 0 Å². The molecule has 1 saturated heterocycles. The number of anilines is 3. The number of methoxy groups -OCH3 is 1. The fourth-order valence-electron chi connectivity index (χ4n) is 3.64. The van der Waals surface area contributed by atoms with Crippen LogP contribution in [0.2, 0.25) is 5.02 Å². The summed E-state index contributed by atoms with van der Waals surface area (Å²) in [4.78, 5) is 33.6. The van der Waals surface area contributed by atoms with Gasteiger partial charge in [-0.15, -0.1) is 0 Å². The fraction of sp³-hybridized carbons (Fsp3) is 0.217. The summed E-state index contributed by atoms with van der Waals surface area (Å²) in [5.74, 6) is -0.0370. The van der Waals surface area contributed by atoms with Gasteiger partial charge in [-0.2, -0.15) is 0 Å². The van der Waals surface area contributed by atoms with Crippen LogP contribution in [0.4, 0.5) is 26.4 Å². The lowest BCUT2D eigenvalue weighted by molar-refractivity contribution is -0.112. The van der Waals surface area contributed by atoms with Gasteiger partial charge in [-0.25, -0.2) is 19.2 Å². The number of nitrogens with zero attached hydrogens (tertiary/aromatic N) is 3. The molecule has 2 amide bonds. The van der Waals surface area contributed by atoms with Gasteiger partial charge in [0, 0.05) is 36.3 Å². The number of fused-ring (bicyclic) bond motifs is 1. The molecule has 0 saturated carbocycles. The molecule has 2 heterocycles. The highest BCUT2D eigenvalue weighted by atomic mass is 35.5. The van der Waals surface area contributed by atoms with Crippen molar-refractivity contribution in [3.05, 3.63) is 59.1 Å². The van der Waals surface area contributed by atoms with Crippen molar-refractivity contribution < 1.29 is 23.8 Å². The van der Waals surface area contributed by atoms with E-state index in [2.05, 4.69) is 20.6 Å². The molecule has 1 fully saturated rings. The number of likely N-dealkylation sites (tertiary alicyclic amines) is 1. The second kappa shape index (κ2) is 9.92. The first kappa shape index (κ1) is 23.2. The molecule has 0 unspecified atom stereocenters. The van der Waals surface area contributed by atoms with Gasteiger partial charge in [0.15, 0.2) is 0 Å². The van der Waals surface area contributed by atoms with Gasteiger partial charge >= 0.3 is 6.09 Å². The summed E-state index contributed by atoms with van der Waals surface area (Å²) in [5.41, 5.74) is 2.38. The van der Waals surface area contributed by atoms with Gasteiger partial charge in [-0.05, 0) is 37.1 Å². The molecule has 11 heteroatoms. The number of halogens is 2. The van der Waals surface area contributed by atoms with Crippen LogP contribution in [0.1, 0.15) is 12.8 Å². The molecule has 176 valence electrons. The first-order valence-corrected chi connectivity index (χ1v) is 10.7. The van der Waals surface area contributed by atoms with Gasteiger partial charge in [0.25, 0.3) is 0 Å². The number of ether oxygens (including phenoxy) is 1. The molecule has 0 bridgehead atoms. The molecule has 0 spiro atoms. The number of carbonyl (C=O) groups excluding carboxylic acids is 1. The molecule has 4 rings (SSSR count). The predicted octanol–water partition coefficient (Wildman–Crippen LogP) is 4.81. The Labute approximate surface area is 199 Å². The minimum absolute atomic E-state index is 0.0276. The van der Waals surface area contributed by atoms with Crippen LogP contribution in [0.3, 0.4) is 0 Å². The second-order valence-electron chi connectivity index (χ2n) is 7.61. The molecule has 1 aliphatic rings. The van der Waals surface area contributed by atoms with Crippen molar-refractivity contribution in [3.63, 3.8) is 0 Å². The number of piperidine rings is 1. The summed E-state index contributed by atoms with van der Waals surface area (Å²) in [5, 5.41) is 15.5. The first-order valence-electron chi connectivity index (χ1n) is 10.4. The van der Waals surface area contributed by atoms with Crippen molar-refractivity contribution in [3.8, 4) is 5.75 Å². The van der Waals surface area contributed by atoms with Crippen molar-refractivity contribution in [1.82, 2.24) is 14.9 Å². The van der Waals surface area contributed by atoms with E-state index in [0.29, 0.717) is 59.8 Å². The van der Waals surface area contributed by atoms with Crippen molar-refractivity contribution in [1.29, 1.82) is 0 Å². The number of hydrogen-bond acceptors (Lipinski definition) is 6. The molecule has 1 aromatic heterocycles. The lowest BCUT2D eigenvalue weighted by Gasteiger charge is -2.25. The van der Waals surface area contributed by atoms with Gasteiger partial charge in [-0.1, -0.05) is 17.2 Å². The number of carboxylic acid groups (broad SMARTS) is 1. The molecule has 0 aliphatic carbocycles. The van der Waals surface area contributed by atoms with Gasteiger partial charge in [0.2, 0.25) is 5.91 Å². The summed E-state index contributed by atoms with van der Waals surface area (Å²) >= 11 is 5.87. The van der Waals surface area contributed by atoms with E-state index < -0.39 is 11.9 Å². The molecule has 9 nitrogen and oxygen atoms in total. The largest absolute Gasteiger partial charge is 0.494 e. The van der Waals surface area contributed by atoms with Gasteiger partial charge < -0.3 is 25.4 Å². The lowest BCUT2D eigenvalue weighted by atomic mass is 10.0. The molecule has 2 aromatic carbocycles. The van der Waals surface area contributed by atoms with Crippen LogP contribution >= 0.6 is 11.6 Å². The van der Waals surface area contributed by atoms with E-state index in [1.54, 1.807) is 12.1 Å². The Morgan fingerprint density at radius 1 is 1.21 bits per heavy atom. The van der Waals surface area contributed by atoms with Gasteiger partial charge in [0.1, 0.15) is 23.7 Å². The molecule has 0 atom stereocenters. The highest BCUT2D eigenvalue weighted by Gasteiger charge is 2.19. The Hall–Kier alpha value is -3.92. The zero-order valence-corrected chi connectivity index (χ0v) is 18.9. The van der Waals surface area contributed by atoms with Crippen LogP contribution in [-0.2, 0) is 4.79 Å². The number of nitrogens with one attached hydrogen (secondary N) is 2. The summed E-state index contributed by atoms with van der Waals surface area (Å²) in [6.07, 6.45) is 2.90. The quantitative estimate of drug-likeness (QED) is 0.444. The van der Waals surface area contributed by atoms with Crippen LogP contribution in [0.15, 0.2) is 48.3 Å². The zero-order valence-electron chi connectivity index (χ0n) is 18.1. The number of rotatable bonds is 5. The lowest BCUT2D eigenvalue weighted by Crippen LogP contribution is -2.35. The van der Waals surface area contributed by atoms with E-state index in [4.69, 9.17) is 21.4 Å². The maximum absolute atomic E-state index is 13.5. The standard InChI is InChI=1S/C23H21ClFN5O4/c1-34-20-11-18-15(22(27-12-26-18)28-14-2-3-17(25)16(24)9-14)10-19(20)29-21(31)8-13-4-6-30(7-5-13)23(32)33/h2-3,8-12H,4-7H2,1H3,(H,29,31)(H,32,33)(H,26,27,28). The predicted molar refractivity (Wildman–Crippen MR) is 126 cm³/mol. The molecule has 1 aliphatic heterocycles. The number of aromatic nitrogens is 2. The van der Waals surface area contributed by atoms with Crippen molar-refractivity contribution in [2.75, 3.05) is 30.8 Å². The van der Waals surface area contributed by atoms with Crippen LogP contribution in [-0.4, -0.2) is 52.2 Å². The third-order valence-corrected chi connectivity index (χ3v) is 5.70. The fourth-order valence-corrected chi connectivity index (χ4v) is 3.83. The van der Waals surface area contributed by atoms with Gasteiger partial charge in [0.05, 0.1) is 23.3 Å². The Balaban J connectivity index is 1.59. The van der Waals surface area contributed by atoms with E-state index in [1.165, 1.54) is 42.6 Å². The minimum Gasteiger partial charge on any atom is -0.494 e. The minimum atomic E-state index is -0.959. The van der Waals surface area contributed by atoms with E-state index in [1.807, 2.05) is 0 Å². The van der Waals surface area contributed by atoms with Crippen LogP contribution in [0, 0.1) is 5.82 Å². The Morgan fingerprint density at radius 2 is 1.97 bits per heavy atom. The monoisotopic (exact) mass is 485 g/mol. The highest BCUT2D eigenvalue weighted by molar-refractivity contribution is 6.31. The van der Waals surface area contributed by atoms with Gasteiger partial charge in [-0.3, -0.25) is 4.79 Å². The average Bonchev–Trinajstić information content (AvgIpc) is 2.81. The number of carbonyl (C=O) groups is 2. The maximum Gasteiger partial charge on any atom is 0.407 e. The molecule has 0 radical (unpaired) electrons. The maximum atomic E-state index is 13.5. The Bertz CT molecular complexity index is 1290. The van der Waals surface area contributed by atoms with Crippen molar-refractivity contribution >= 4 is 51.7 Å². The van der Waals surface area contributed by atoms with E-state index in [0.717, 1.165) is 5.57 Å². The summed E-state index contributed by atoms with van der Waals surface area (Å²) in [6, 6.07) is 7.58. The second-order valence-corrected chi connectivity index (χ2v) is 8.01. The molecule has 3 N–H and O–H groups in total. The molecular formula is C23H21ClFN5O4. The molecule has 34 heavy (non-hydrogen) atoms. The average molecular weight is 486 g/mol. The number of amides is 2. The number of benzene rings is 2. The zero-order chi connectivity index (χ0) is 24.2. The van der Waals surface area contributed by atoms with E-state index in [9.17, 15) is 14.0 Å². The summed E-state index contributed by atoms with van der Waals surface area (Å²) in [6.45, 7) is 0.709. The first-order chi connectivity index (χ1) is 16.3.